The second kappa shape index (κ2) is 9.07. The number of ether oxygens (including phenoxy) is 1. The molecule has 0 aliphatic heterocycles. The van der Waals surface area contributed by atoms with Crippen molar-refractivity contribution in [2.75, 3.05) is 13.7 Å². The lowest BCUT2D eigenvalue weighted by Crippen LogP contribution is -2.11. The molecule has 0 unspecified atom stereocenters. The third-order valence-corrected chi connectivity index (χ3v) is 7.32. The summed E-state index contributed by atoms with van der Waals surface area (Å²) in [7, 11) is 1.69. The Morgan fingerprint density at radius 3 is 2.78 bits per heavy atom. The first-order valence-corrected chi connectivity index (χ1v) is 12.2. The van der Waals surface area contributed by atoms with Crippen LogP contribution in [0, 0.1) is 0 Å². The van der Waals surface area contributed by atoms with Crippen molar-refractivity contribution in [3.8, 4) is 11.1 Å². The first kappa shape index (κ1) is 21.2. The van der Waals surface area contributed by atoms with E-state index < -0.39 is 0 Å². The first-order valence-electron chi connectivity index (χ1n) is 9.98. The number of imidazole rings is 1. The summed E-state index contributed by atoms with van der Waals surface area (Å²) in [6, 6.07) is 15.5. The molecule has 1 N–H and O–H groups in total. The first-order chi connectivity index (χ1) is 15.7. The molecule has 0 saturated carbocycles. The van der Waals surface area contributed by atoms with E-state index in [4.69, 9.17) is 26.3 Å². The molecule has 0 atom stereocenters. The highest BCUT2D eigenvalue weighted by atomic mass is 35.5. The number of H-pyrrole nitrogens is 1. The highest BCUT2D eigenvalue weighted by Gasteiger charge is 2.16. The Morgan fingerprint density at radius 2 is 1.94 bits per heavy atom. The molecular weight excluding hydrogens is 464 g/mol. The number of para-hydroxylation sites is 2. The summed E-state index contributed by atoms with van der Waals surface area (Å²) in [5, 5.41) is 3.99. The fourth-order valence-corrected chi connectivity index (χ4v) is 5.74. The lowest BCUT2D eigenvalue weighted by Gasteiger charge is -2.08. The lowest BCUT2D eigenvalue weighted by molar-refractivity contribution is 0.186. The van der Waals surface area contributed by atoms with Gasteiger partial charge in [0.15, 0.2) is 5.16 Å². The number of halogens is 1. The van der Waals surface area contributed by atoms with Gasteiger partial charge in [-0.05, 0) is 18.2 Å². The van der Waals surface area contributed by atoms with Gasteiger partial charge in [0.2, 0.25) is 0 Å². The van der Waals surface area contributed by atoms with Crippen molar-refractivity contribution in [3.05, 3.63) is 75.1 Å². The van der Waals surface area contributed by atoms with Gasteiger partial charge in [-0.25, -0.2) is 9.97 Å². The zero-order valence-electron chi connectivity index (χ0n) is 17.2. The van der Waals surface area contributed by atoms with Crippen LogP contribution in [0.5, 0.6) is 0 Å². The van der Waals surface area contributed by atoms with Gasteiger partial charge in [0, 0.05) is 35.2 Å². The molecule has 0 radical (unpaired) electrons. The molecule has 162 valence electrons. The topological polar surface area (TPSA) is 72.8 Å². The SMILES string of the molecule is COCCn1c(SCc2nc3scc(-c4ccccc4Cl)c3c(=O)[nH]2)nc2ccccc21. The second-order valence-electron chi connectivity index (χ2n) is 7.14. The molecule has 5 rings (SSSR count). The number of fused-ring (bicyclic) bond motifs is 2. The Balaban J connectivity index is 1.46. The molecule has 0 saturated heterocycles. The van der Waals surface area contributed by atoms with Crippen molar-refractivity contribution in [2.45, 2.75) is 17.5 Å². The van der Waals surface area contributed by atoms with Crippen molar-refractivity contribution in [1.29, 1.82) is 0 Å². The minimum atomic E-state index is -0.158. The van der Waals surface area contributed by atoms with E-state index in [0.717, 1.165) is 27.3 Å². The van der Waals surface area contributed by atoms with Crippen LogP contribution < -0.4 is 5.56 Å². The third-order valence-electron chi connectivity index (χ3n) is 5.13. The quantitative estimate of drug-likeness (QED) is 0.306. The number of aromatic nitrogens is 4. The molecule has 0 spiro atoms. The van der Waals surface area contributed by atoms with Crippen LogP contribution in [0.3, 0.4) is 0 Å². The normalized spacial score (nSPS) is 11.6. The van der Waals surface area contributed by atoms with Gasteiger partial charge < -0.3 is 14.3 Å². The van der Waals surface area contributed by atoms with E-state index in [1.54, 1.807) is 18.9 Å². The molecule has 6 nitrogen and oxygen atoms in total. The van der Waals surface area contributed by atoms with Crippen LogP contribution in [0.25, 0.3) is 32.4 Å². The minimum Gasteiger partial charge on any atom is -0.383 e. The highest BCUT2D eigenvalue weighted by Crippen LogP contribution is 2.35. The summed E-state index contributed by atoms with van der Waals surface area (Å²) in [6.07, 6.45) is 0. The van der Waals surface area contributed by atoms with Crippen molar-refractivity contribution in [1.82, 2.24) is 19.5 Å². The number of thioether (sulfide) groups is 1. The third kappa shape index (κ3) is 3.95. The van der Waals surface area contributed by atoms with Crippen LogP contribution in [0.4, 0.5) is 0 Å². The zero-order valence-corrected chi connectivity index (χ0v) is 19.6. The van der Waals surface area contributed by atoms with Crippen molar-refractivity contribution in [3.63, 3.8) is 0 Å². The van der Waals surface area contributed by atoms with E-state index in [2.05, 4.69) is 15.6 Å². The van der Waals surface area contributed by atoms with Crippen molar-refractivity contribution in [2.24, 2.45) is 0 Å². The molecule has 32 heavy (non-hydrogen) atoms. The van der Waals surface area contributed by atoms with Gasteiger partial charge >= 0.3 is 0 Å². The van der Waals surface area contributed by atoms with Gasteiger partial charge in [-0.1, -0.05) is 53.7 Å². The number of nitrogens with one attached hydrogen (secondary N) is 1. The fraction of sp³-hybridized carbons (Fsp3) is 0.174. The minimum absolute atomic E-state index is 0.158. The zero-order chi connectivity index (χ0) is 22.1. The van der Waals surface area contributed by atoms with E-state index in [1.807, 2.05) is 47.8 Å². The Morgan fingerprint density at radius 1 is 1.12 bits per heavy atom. The van der Waals surface area contributed by atoms with E-state index in [0.29, 0.717) is 40.0 Å². The second-order valence-corrected chi connectivity index (χ2v) is 9.35. The van der Waals surface area contributed by atoms with Crippen molar-refractivity contribution < 1.29 is 4.74 Å². The van der Waals surface area contributed by atoms with Crippen LogP contribution in [-0.2, 0) is 17.0 Å². The molecule has 5 aromatic rings. The van der Waals surface area contributed by atoms with Crippen LogP contribution in [0.2, 0.25) is 5.02 Å². The fourth-order valence-electron chi connectivity index (χ4n) is 3.63. The number of thiophene rings is 1. The molecule has 9 heteroatoms. The van der Waals surface area contributed by atoms with Crippen LogP contribution >= 0.6 is 34.7 Å². The van der Waals surface area contributed by atoms with Crippen LogP contribution in [0.15, 0.2) is 63.9 Å². The summed E-state index contributed by atoms with van der Waals surface area (Å²) in [6.45, 7) is 1.30. The number of benzene rings is 2. The number of hydrogen-bond donors (Lipinski definition) is 1. The summed E-state index contributed by atoms with van der Waals surface area (Å²) in [5.41, 5.74) is 3.48. The van der Waals surface area contributed by atoms with Gasteiger partial charge in [-0.15, -0.1) is 11.3 Å². The van der Waals surface area contributed by atoms with Crippen LogP contribution in [0.1, 0.15) is 5.82 Å². The van der Waals surface area contributed by atoms with Crippen molar-refractivity contribution >= 4 is 55.9 Å². The number of aromatic amines is 1. The number of nitrogens with zero attached hydrogens (tertiary/aromatic N) is 3. The summed E-state index contributed by atoms with van der Waals surface area (Å²) in [5.74, 6) is 1.12. The molecule has 0 amide bonds. The van der Waals surface area contributed by atoms with E-state index in [9.17, 15) is 4.79 Å². The highest BCUT2D eigenvalue weighted by molar-refractivity contribution is 7.98. The average molecular weight is 483 g/mol. The van der Waals surface area contributed by atoms with E-state index >= 15 is 0 Å². The molecule has 2 aromatic carbocycles. The molecular formula is C23H19ClN4O2S2. The summed E-state index contributed by atoms with van der Waals surface area (Å²) in [4.78, 5) is 26.1. The Kier molecular flexibility index (Phi) is 6.01. The lowest BCUT2D eigenvalue weighted by atomic mass is 10.1. The summed E-state index contributed by atoms with van der Waals surface area (Å²) >= 11 is 9.35. The van der Waals surface area contributed by atoms with Gasteiger partial charge in [0.05, 0.1) is 28.8 Å². The maximum Gasteiger partial charge on any atom is 0.260 e. The molecule has 0 aliphatic rings. The average Bonchev–Trinajstić information content (AvgIpc) is 3.38. The Hall–Kier alpha value is -2.65. The van der Waals surface area contributed by atoms with E-state index in [-0.39, 0.29) is 5.56 Å². The van der Waals surface area contributed by atoms with Gasteiger partial charge in [0.25, 0.3) is 5.56 Å². The Labute approximate surface area is 197 Å². The summed E-state index contributed by atoms with van der Waals surface area (Å²) < 4.78 is 7.41. The molecule has 0 aliphatic carbocycles. The molecule has 0 fully saturated rings. The molecule has 3 heterocycles. The monoisotopic (exact) mass is 482 g/mol. The predicted molar refractivity (Wildman–Crippen MR) is 132 cm³/mol. The van der Waals surface area contributed by atoms with Gasteiger partial charge in [-0.3, -0.25) is 4.79 Å². The maximum absolute atomic E-state index is 12.9. The number of hydrogen-bond acceptors (Lipinski definition) is 6. The smallest absolute Gasteiger partial charge is 0.260 e. The van der Waals surface area contributed by atoms with Gasteiger partial charge in [-0.2, -0.15) is 0 Å². The maximum atomic E-state index is 12.9. The largest absolute Gasteiger partial charge is 0.383 e. The molecule has 0 bridgehead atoms. The van der Waals surface area contributed by atoms with Crippen LogP contribution in [-0.4, -0.2) is 33.2 Å². The number of methoxy groups -OCH3 is 1. The predicted octanol–water partition coefficient (Wildman–Crippen LogP) is 5.59. The number of rotatable bonds is 7. The molecule has 3 aromatic heterocycles. The van der Waals surface area contributed by atoms with Gasteiger partial charge in [0.1, 0.15) is 10.7 Å². The Bertz CT molecular complexity index is 1470. The standard InChI is InChI=1S/C23H19ClN4O2S2/c1-30-11-10-28-18-9-5-4-8-17(18)25-23(28)32-13-19-26-21(29)20-15(12-31-22(20)27-19)14-6-2-3-7-16(14)24/h2-9,12H,10-11,13H2,1H3,(H,26,27,29). The van der Waals surface area contributed by atoms with E-state index in [1.165, 1.54) is 11.3 Å².